The van der Waals surface area contributed by atoms with Gasteiger partial charge in [0.25, 0.3) is 0 Å². The number of nitrogens with zero attached hydrogens (tertiary/aromatic N) is 1. The first-order valence-corrected chi connectivity index (χ1v) is 11.0. The summed E-state index contributed by atoms with van der Waals surface area (Å²) in [5, 5.41) is 3.17. The van der Waals surface area contributed by atoms with Crippen LogP contribution in [-0.2, 0) is 14.4 Å². The Bertz CT molecular complexity index is 813. The first-order valence-electron chi connectivity index (χ1n) is 11.0. The molecule has 1 aromatic rings. The van der Waals surface area contributed by atoms with Gasteiger partial charge in [-0.05, 0) is 42.6 Å². The molecule has 0 aromatic heterocycles. The lowest BCUT2D eigenvalue weighted by Gasteiger charge is -2.32. The quantitative estimate of drug-likeness (QED) is 0.618. The molecule has 1 aromatic carbocycles. The minimum atomic E-state index is -0.242. The van der Waals surface area contributed by atoms with Gasteiger partial charge in [-0.1, -0.05) is 61.7 Å². The van der Waals surface area contributed by atoms with Crippen molar-refractivity contribution in [3.05, 3.63) is 48.0 Å². The number of carbonyl (C=O) groups excluding carboxylic acids is 3. The smallest absolute Gasteiger partial charge is 0.240 e. The number of amides is 3. The molecule has 5 nitrogen and oxygen atoms in total. The summed E-state index contributed by atoms with van der Waals surface area (Å²) in [7, 11) is 0. The van der Waals surface area contributed by atoms with E-state index >= 15 is 0 Å². The highest BCUT2D eigenvalue weighted by molar-refractivity contribution is 6.08. The maximum atomic E-state index is 12.9. The zero-order chi connectivity index (χ0) is 20.0. The Hall–Kier alpha value is -2.43. The van der Waals surface area contributed by atoms with Gasteiger partial charge in [-0.3, -0.25) is 19.3 Å². The fraction of sp³-hybridized carbons (Fsp3) is 0.542. The Kier molecular flexibility index (Phi) is 4.76. The molecule has 3 aliphatic carbocycles. The van der Waals surface area contributed by atoms with Gasteiger partial charge in [0.15, 0.2) is 0 Å². The molecule has 152 valence electrons. The van der Waals surface area contributed by atoms with Crippen molar-refractivity contribution in [3.8, 4) is 0 Å². The monoisotopic (exact) mass is 392 g/mol. The number of nitrogens with one attached hydrogen (secondary N) is 1. The summed E-state index contributed by atoms with van der Waals surface area (Å²) in [6.45, 7) is -0.153. The third-order valence-corrected chi connectivity index (χ3v) is 7.46. The summed E-state index contributed by atoms with van der Waals surface area (Å²) in [6.07, 6.45) is 10.9. The first kappa shape index (κ1) is 18.6. The molecule has 1 heterocycles. The lowest BCUT2D eigenvalue weighted by Crippen LogP contribution is -2.44. The van der Waals surface area contributed by atoms with Crippen LogP contribution < -0.4 is 5.32 Å². The molecular formula is C24H28N2O3. The molecule has 5 atom stereocenters. The van der Waals surface area contributed by atoms with E-state index in [0.717, 1.165) is 24.8 Å². The second-order valence-electron chi connectivity index (χ2n) is 9.12. The van der Waals surface area contributed by atoms with Crippen molar-refractivity contribution in [2.24, 2.45) is 29.6 Å². The van der Waals surface area contributed by atoms with Crippen LogP contribution in [-0.4, -0.2) is 29.2 Å². The third kappa shape index (κ3) is 3.21. The van der Waals surface area contributed by atoms with Crippen LogP contribution in [0.3, 0.4) is 0 Å². The van der Waals surface area contributed by atoms with Gasteiger partial charge < -0.3 is 5.32 Å². The van der Waals surface area contributed by atoms with Crippen molar-refractivity contribution in [1.82, 2.24) is 10.2 Å². The molecule has 29 heavy (non-hydrogen) atoms. The fourth-order valence-electron chi connectivity index (χ4n) is 6.08. The summed E-state index contributed by atoms with van der Waals surface area (Å²) in [5.74, 6) is -0.266. The summed E-state index contributed by atoms with van der Waals surface area (Å²) in [6, 6.07) is 10.0. The normalized spacial score (nSPS) is 31.9. The molecule has 0 spiro atoms. The van der Waals surface area contributed by atoms with Crippen LogP contribution in [0.5, 0.6) is 0 Å². The van der Waals surface area contributed by atoms with Gasteiger partial charge in [-0.2, -0.15) is 0 Å². The standard InChI is InChI=1S/C24H28N2O3/c27-19(14-26-23(28)20-17-11-12-18(13-17)21(20)24(26)29)25-22(15-7-3-1-4-8-15)16-9-5-2-6-10-16/h1,3-4,7-8,11-12,16-18,20-22H,2,5-6,9-10,13-14H2,(H,25,27)/t17-,18-,20+,21+,22-/m0/s1. The van der Waals surface area contributed by atoms with E-state index in [1.165, 1.54) is 24.2 Å². The lowest BCUT2D eigenvalue weighted by atomic mass is 9.81. The predicted molar refractivity (Wildman–Crippen MR) is 108 cm³/mol. The highest BCUT2D eigenvalue weighted by atomic mass is 16.2. The topological polar surface area (TPSA) is 66.5 Å². The molecule has 2 saturated carbocycles. The molecule has 1 saturated heterocycles. The minimum Gasteiger partial charge on any atom is -0.347 e. The second kappa shape index (κ2) is 7.43. The SMILES string of the molecule is O=C(CN1C(=O)[C@H]2[C@H](C1=O)[C@H]1C=C[C@H]2C1)N[C@@H](c1ccccc1)C1CCCCC1. The number of likely N-dealkylation sites (tertiary alicyclic amines) is 1. The van der Waals surface area contributed by atoms with Crippen molar-refractivity contribution < 1.29 is 14.4 Å². The molecule has 1 N–H and O–H groups in total. The maximum absolute atomic E-state index is 12.9. The highest BCUT2D eigenvalue weighted by Crippen LogP contribution is 2.52. The summed E-state index contributed by atoms with van der Waals surface area (Å²) in [4.78, 5) is 39.9. The Morgan fingerprint density at radius 2 is 1.59 bits per heavy atom. The van der Waals surface area contributed by atoms with Crippen LogP contribution in [0, 0.1) is 29.6 Å². The molecule has 5 heteroatoms. The number of hydrogen-bond donors (Lipinski definition) is 1. The first-order chi connectivity index (χ1) is 14.1. The Morgan fingerprint density at radius 3 is 2.21 bits per heavy atom. The van der Waals surface area contributed by atoms with Crippen molar-refractivity contribution in [2.75, 3.05) is 6.54 Å². The highest BCUT2D eigenvalue weighted by Gasteiger charge is 2.59. The molecule has 1 aliphatic heterocycles. The molecule has 3 fully saturated rings. The Balaban J connectivity index is 1.30. The number of rotatable bonds is 5. The van der Waals surface area contributed by atoms with Crippen LogP contribution in [0.15, 0.2) is 42.5 Å². The fourth-order valence-corrected chi connectivity index (χ4v) is 6.08. The number of benzene rings is 1. The predicted octanol–water partition coefficient (Wildman–Crippen LogP) is 3.23. The van der Waals surface area contributed by atoms with Gasteiger partial charge >= 0.3 is 0 Å². The average Bonchev–Trinajstić information content (AvgIpc) is 3.43. The van der Waals surface area contributed by atoms with Crippen LogP contribution in [0.25, 0.3) is 0 Å². The molecule has 0 radical (unpaired) electrons. The van der Waals surface area contributed by atoms with Crippen LogP contribution >= 0.6 is 0 Å². The van der Waals surface area contributed by atoms with Gasteiger partial charge in [0, 0.05) is 0 Å². The van der Waals surface area contributed by atoms with Crippen molar-refractivity contribution >= 4 is 17.7 Å². The summed E-state index contributed by atoms with van der Waals surface area (Å²) in [5.41, 5.74) is 1.10. The zero-order valence-electron chi connectivity index (χ0n) is 16.6. The largest absolute Gasteiger partial charge is 0.347 e. The second-order valence-corrected chi connectivity index (χ2v) is 9.12. The van der Waals surface area contributed by atoms with Gasteiger partial charge in [0.05, 0.1) is 17.9 Å². The van der Waals surface area contributed by atoms with E-state index in [4.69, 9.17) is 0 Å². The number of fused-ring (bicyclic) bond motifs is 5. The number of carbonyl (C=O) groups is 3. The van der Waals surface area contributed by atoms with Crippen molar-refractivity contribution in [2.45, 2.75) is 44.6 Å². The average molecular weight is 392 g/mol. The Morgan fingerprint density at radius 1 is 0.966 bits per heavy atom. The van der Waals surface area contributed by atoms with E-state index in [2.05, 4.69) is 29.6 Å². The summed E-state index contributed by atoms with van der Waals surface area (Å²) >= 11 is 0. The van der Waals surface area contributed by atoms with Gasteiger partial charge in [-0.15, -0.1) is 0 Å². The minimum absolute atomic E-state index is 0.0610. The van der Waals surface area contributed by atoms with E-state index in [-0.39, 0.29) is 54.0 Å². The van der Waals surface area contributed by atoms with E-state index in [1.54, 1.807) is 0 Å². The van der Waals surface area contributed by atoms with Gasteiger partial charge in [-0.25, -0.2) is 0 Å². The molecule has 3 amide bonds. The molecule has 4 aliphatic rings. The van der Waals surface area contributed by atoms with E-state index in [9.17, 15) is 14.4 Å². The van der Waals surface area contributed by atoms with E-state index in [1.807, 2.05) is 18.2 Å². The lowest BCUT2D eigenvalue weighted by molar-refractivity contribution is -0.144. The Labute approximate surface area is 171 Å². The maximum Gasteiger partial charge on any atom is 0.240 e. The molecule has 5 rings (SSSR count). The molecular weight excluding hydrogens is 364 g/mol. The van der Waals surface area contributed by atoms with Crippen molar-refractivity contribution in [1.29, 1.82) is 0 Å². The van der Waals surface area contributed by atoms with Gasteiger partial charge in [0.1, 0.15) is 6.54 Å². The van der Waals surface area contributed by atoms with E-state index < -0.39 is 0 Å². The van der Waals surface area contributed by atoms with Crippen LogP contribution in [0.4, 0.5) is 0 Å². The zero-order valence-corrected chi connectivity index (χ0v) is 16.6. The third-order valence-electron chi connectivity index (χ3n) is 7.46. The number of allylic oxidation sites excluding steroid dienone is 2. The van der Waals surface area contributed by atoms with Crippen LogP contribution in [0.1, 0.15) is 50.1 Å². The van der Waals surface area contributed by atoms with E-state index in [0.29, 0.717) is 5.92 Å². The van der Waals surface area contributed by atoms with Crippen LogP contribution in [0.2, 0.25) is 0 Å². The number of imide groups is 1. The molecule has 0 unspecified atom stereocenters. The van der Waals surface area contributed by atoms with Gasteiger partial charge in [0.2, 0.25) is 17.7 Å². The number of hydrogen-bond acceptors (Lipinski definition) is 3. The van der Waals surface area contributed by atoms with Crippen molar-refractivity contribution in [3.63, 3.8) is 0 Å². The summed E-state index contributed by atoms with van der Waals surface area (Å²) < 4.78 is 0. The molecule has 2 bridgehead atoms.